The molecule has 2 rings (SSSR count). The molecule has 1 atom stereocenters. The number of amides is 1. The molecule has 128 valence electrons. The van der Waals surface area contributed by atoms with E-state index >= 15 is 0 Å². The van der Waals surface area contributed by atoms with Gasteiger partial charge in [-0.1, -0.05) is 54.1 Å². The first kappa shape index (κ1) is 18.5. The fourth-order valence-electron chi connectivity index (χ4n) is 2.41. The Kier molecular flexibility index (Phi) is 7.75. The van der Waals surface area contributed by atoms with Gasteiger partial charge in [-0.15, -0.1) is 0 Å². The maximum absolute atomic E-state index is 12.3. The van der Waals surface area contributed by atoms with Gasteiger partial charge in [-0.2, -0.15) is 0 Å². The van der Waals surface area contributed by atoms with Gasteiger partial charge in [-0.3, -0.25) is 4.79 Å². The maximum atomic E-state index is 12.3. The summed E-state index contributed by atoms with van der Waals surface area (Å²) in [6, 6.07) is 17.1. The van der Waals surface area contributed by atoms with Crippen molar-refractivity contribution < 1.29 is 9.90 Å². The van der Waals surface area contributed by atoms with E-state index < -0.39 is 6.04 Å². The number of aliphatic hydroxyl groups is 1. The fourth-order valence-corrected chi connectivity index (χ4v) is 2.53. The van der Waals surface area contributed by atoms with E-state index in [1.165, 1.54) is 5.56 Å². The Morgan fingerprint density at radius 1 is 1.04 bits per heavy atom. The van der Waals surface area contributed by atoms with Crippen LogP contribution in [0.4, 0.5) is 0 Å². The summed E-state index contributed by atoms with van der Waals surface area (Å²) >= 11 is 5.85. The maximum Gasteiger partial charge on any atom is 0.237 e. The highest BCUT2D eigenvalue weighted by Crippen LogP contribution is 2.09. The summed E-state index contributed by atoms with van der Waals surface area (Å²) in [5.41, 5.74) is 2.20. The van der Waals surface area contributed by atoms with E-state index in [0.717, 1.165) is 12.0 Å². The number of benzene rings is 2. The lowest BCUT2D eigenvalue weighted by molar-refractivity contribution is -0.123. The van der Waals surface area contributed by atoms with Gasteiger partial charge in [0, 0.05) is 18.2 Å². The molecule has 0 spiro atoms. The van der Waals surface area contributed by atoms with Crippen LogP contribution in [0.2, 0.25) is 5.02 Å². The molecule has 0 aliphatic rings. The molecule has 0 saturated heterocycles. The molecule has 2 aromatic rings. The first-order valence-corrected chi connectivity index (χ1v) is 8.47. The molecule has 5 heteroatoms. The van der Waals surface area contributed by atoms with Gasteiger partial charge in [0.2, 0.25) is 5.91 Å². The highest BCUT2D eigenvalue weighted by Gasteiger charge is 2.16. The van der Waals surface area contributed by atoms with E-state index in [2.05, 4.69) is 22.8 Å². The summed E-state index contributed by atoms with van der Waals surface area (Å²) in [7, 11) is 0. The van der Waals surface area contributed by atoms with Crippen LogP contribution in [0, 0.1) is 0 Å². The predicted octanol–water partition coefficient (Wildman–Crippen LogP) is 2.54. The van der Waals surface area contributed by atoms with E-state index in [4.69, 9.17) is 11.6 Å². The molecule has 0 aromatic heterocycles. The number of halogens is 1. The summed E-state index contributed by atoms with van der Waals surface area (Å²) in [4.78, 5) is 12.3. The Balaban J connectivity index is 1.79. The number of rotatable bonds is 9. The van der Waals surface area contributed by atoms with Crippen molar-refractivity contribution in [1.82, 2.24) is 10.6 Å². The predicted molar refractivity (Wildman–Crippen MR) is 96.9 cm³/mol. The highest BCUT2D eigenvalue weighted by molar-refractivity contribution is 6.30. The summed E-state index contributed by atoms with van der Waals surface area (Å²) in [6.45, 7) is 1.10. The van der Waals surface area contributed by atoms with Crippen molar-refractivity contribution in [2.75, 3.05) is 13.2 Å². The molecule has 3 N–H and O–H groups in total. The van der Waals surface area contributed by atoms with Crippen LogP contribution < -0.4 is 10.6 Å². The zero-order valence-electron chi connectivity index (χ0n) is 13.5. The Hall–Kier alpha value is -1.88. The van der Waals surface area contributed by atoms with Crippen molar-refractivity contribution in [2.45, 2.75) is 25.4 Å². The van der Waals surface area contributed by atoms with E-state index in [1.807, 2.05) is 30.3 Å². The molecular weight excluding hydrogens is 324 g/mol. The Bertz CT molecular complexity index is 617. The highest BCUT2D eigenvalue weighted by atomic mass is 35.5. The van der Waals surface area contributed by atoms with Crippen LogP contribution in [-0.4, -0.2) is 30.2 Å². The van der Waals surface area contributed by atoms with Crippen molar-refractivity contribution >= 4 is 17.5 Å². The quantitative estimate of drug-likeness (QED) is 0.654. The minimum Gasteiger partial charge on any atom is -0.396 e. The van der Waals surface area contributed by atoms with Crippen LogP contribution in [-0.2, 0) is 17.8 Å². The normalized spacial score (nSPS) is 11.9. The summed E-state index contributed by atoms with van der Waals surface area (Å²) < 4.78 is 0. The van der Waals surface area contributed by atoms with Gasteiger partial charge in [0.25, 0.3) is 0 Å². The largest absolute Gasteiger partial charge is 0.396 e. The average Bonchev–Trinajstić information content (AvgIpc) is 2.61. The number of carbonyl (C=O) groups is 1. The summed E-state index contributed by atoms with van der Waals surface area (Å²) in [6.07, 6.45) is 1.23. The number of hydrogen-bond acceptors (Lipinski definition) is 3. The van der Waals surface area contributed by atoms with Crippen molar-refractivity contribution in [3.63, 3.8) is 0 Å². The minimum atomic E-state index is -0.397. The van der Waals surface area contributed by atoms with Gasteiger partial charge in [-0.25, -0.2) is 0 Å². The van der Waals surface area contributed by atoms with Crippen LogP contribution in [0.25, 0.3) is 0 Å². The van der Waals surface area contributed by atoms with Crippen molar-refractivity contribution in [3.8, 4) is 0 Å². The van der Waals surface area contributed by atoms with E-state index in [9.17, 15) is 9.90 Å². The number of hydrogen-bond donors (Lipinski definition) is 3. The van der Waals surface area contributed by atoms with Gasteiger partial charge in [-0.05, 0) is 42.6 Å². The van der Waals surface area contributed by atoms with Crippen molar-refractivity contribution in [2.24, 2.45) is 0 Å². The second-order valence-electron chi connectivity index (χ2n) is 5.60. The number of nitrogens with one attached hydrogen (secondary N) is 2. The van der Waals surface area contributed by atoms with E-state index in [-0.39, 0.29) is 12.5 Å². The minimum absolute atomic E-state index is 0.0304. The van der Waals surface area contributed by atoms with Gasteiger partial charge in [0.05, 0.1) is 6.04 Å². The van der Waals surface area contributed by atoms with Crippen molar-refractivity contribution in [1.29, 1.82) is 0 Å². The molecule has 0 heterocycles. The molecule has 2 aromatic carbocycles. The topological polar surface area (TPSA) is 61.4 Å². The third kappa shape index (κ3) is 6.32. The molecule has 0 aliphatic heterocycles. The lowest BCUT2D eigenvalue weighted by Gasteiger charge is -2.17. The van der Waals surface area contributed by atoms with Gasteiger partial charge < -0.3 is 15.7 Å². The zero-order valence-corrected chi connectivity index (χ0v) is 14.3. The van der Waals surface area contributed by atoms with E-state index in [0.29, 0.717) is 24.5 Å². The SMILES string of the molecule is O=C(NCc1ccc(Cl)cc1)C(CCO)NCCc1ccccc1. The molecule has 0 saturated carbocycles. The standard InChI is InChI=1S/C19H23ClN2O2/c20-17-8-6-16(7-9-17)14-22-19(24)18(11-13-23)21-12-10-15-4-2-1-3-5-15/h1-9,18,21,23H,10-14H2,(H,22,24). The summed E-state index contributed by atoms with van der Waals surface area (Å²) in [5, 5.41) is 16.0. The monoisotopic (exact) mass is 346 g/mol. The average molecular weight is 347 g/mol. The number of aliphatic hydroxyl groups excluding tert-OH is 1. The molecule has 24 heavy (non-hydrogen) atoms. The van der Waals surface area contributed by atoms with E-state index in [1.54, 1.807) is 12.1 Å². The van der Waals surface area contributed by atoms with Gasteiger partial charge >= 0.3 is 0 Å². The molecule has 4 nitrogen and oxygen atoms in total. The zero-order chi connectivity index (χ0) is 17.2. The second kappa shape index (κ2) is 10.1. The third-order valence-electron chi connectivity index (χ3n) is 3.76. The second-order valence-corrected chi connectivity index (χ2v) is 6.04. The molecule has 0 fully saturated rings. The molecule has 1 amide bonds. The van der Waals surface area contributed by atoms with Crippen LogP contribution in [0.1, 0.15) is 17.5 Å². The van der Waals surface area contributed by atoms with Crippen molar-refractivity contribution in [3.05, 3.63) is 70.7 Å². The first-order valence-electron chi connectivity index (χ1n) is 8.09. The van der Waals surface area contributed by atoms with Gasteiger partial charge in [0.15, 0.2) is 0 Å². The lowest BCUT2D eigenvalue weighted by Crippen LogP contribution is -2.45. The number of carbonyl (C=O) groups excluding carboxylic acids is 1. The fraction of sp³-hybridized carbons (Fsp3) is 0.316. The first-order chi connectivity index (χ1) is 11.7. The molecule has 1 unspecified atom stereocenters. The van der Waals surface area contributed by atoms with Crippen LogP contribution >= 0.6 is 11.6 Å². The smallest absolute Gasteiger partial charge is 0.237 e. The molecular formula is C19H23ClN2O2. The molecule has 0 aliphatic carbocycles. The van der Waals surface area contributed by atoms with Crippen LogP contribution in [0.15, 0.2) is 54.6 Å². The lowest BCUT2D eigenvalue weighted by atomic mass is 10.1. The van der Waals surface area contributed by atoms with Crippen LogP contribution in [0.5, 0.6) is 0 Å². The van der Waals surface area contributed by atoms with Crippen LogP contribution in [0.3, 0.4) is 0 Å². The molecule has 0 radical (unpaired) electrons. The Labute approximate surface area is 147 Å². The Morgan fingerprint density at radius 2 is 1.75 bits per heavy atom. The third-order valence-corrected chi connectivity index (χ3v) is 4.01. The molecule has 0 bridgehead atoms. The Morgan fingerprint density at radius 3 is 2.42 bits per heavy atom. The summed E-state index contributed by atoms with van der Waals surface area (Å²) in [5.74, 6) is -0.105. The van der Waals surface area contributed by atoms with Gasteiger partial charge in [0.1, 0.15) is 0 Å².